The number of hydrogen-bond donors (Lipinski definition) is 6. The fourth-order valence-electron chi connectivity index (χ4n) is 6.27. The van der Waals surface area contributed by atoms with Gasteiger partial charge in [-0.3, -0.25) is 14.9 Å². The Morgan fingerprint density at radius 2 is 1.49 bits per heavy atom. The number of carbonyl (C=O) groups is 3. The Bertz CT molecular complexity index is 1880. The summed E-state index contributed by atoms with van der Waals surface area (Å²) < 4.78 is 16.6. The fourth-order valence-corrected chi connectivity index (χ4v) is 6.27. The molecule has 0 aromatic heterocycles. The van der Waals surface area contributed by atoms with Crippen LogP contribution in [0.1, 0.15) is 44.3 Å². The Morgan fingerprint density at radius 3 is 2.20 bits per heavy atom. The Hall–Kier alpha value is -5.11. The van der Waals surface area contributed by atoms with Gasteiger partial charge in [-0.25, -0.2) is 4.79 Å². The molecule has 4 aromatic carbocycles. The van der Waals surface area contributed by atoms with Crippen molar-refractivity contribution in [1.29, 1.82) is 0 Å². The number of carbonyl (C=O) groups excluding carboxylic acids is 3. The number of ether oxygens (including phenoxy) is 3. The van der Waals surface area contributed by atoms with Crippen LogP contribution in [0.25, 0.3) is 11.1 Å². The smallest absolute Gasteiger partial charge is 0.411 e. The molecule has 1 saturated heterocycles. The first-order chi connectivity index (χ1) is 23.6. The van der Waals surface area contributed by atoms with Crippen molar-refractivity contribution < 1.29 is 43.9 Å². The molecule has 1 aliphatic heterocycles. The largest absolute Gasteiger partial charge is 0.444 e. The molecule has 1 heterocycles. The second-order valence-corrected chi connectivity index (χ2v) is 12.1. The minimum Gasteiger partial charge on any atom is -0.444 e. The zero-order chi connectivity index (χ0) is 34.7. The number of aliphatic hydroxyl groups is 3. The zero-order valence-electron chi connectivity index (χ0n) is 26.9. The van der Waals surface area contributed by atoms with Crippen LogP contribution in [0.2, 0.25) is 0 Å². The summed E-state index contributed by atoms with van der Waals surface area (Å²) in [6, 6.07) is 25.5. The molecule has 3 amide bonds. The third-order valence-electron chi connectivity index (χ3n) is 8.95. The van der Waals surface area contributed by atoms with Gasteiger partial charge in [-0.15, -0.1) is 0 Å². The molecule has 6 N–H and O–H groups in total. The topological polar surface area (TPSA) is 176 Å². The van der Waals surface area contributed by atoms with Gasteiger partial charge in [0.2, 0.25) is 0 Å². The summed E-state index contributed by atoms with van der Waals surface area (Å²) in [6.07, 6.45) is -3.97. The van der Waals surface area contributed by atoms with Crippen molar-refractivity contribution in [3.8, 4) is 11.1 Å². The van der Waals surface area contributed by atoms with E-state index in [0.29, 0.717) is 11.4 Å². The zero-order valence-corrected chi connectivity index (χ0v) is 26.9. The first-order valence-electron chi connectivity index (χ1n) is 15.8. The fraction of sp³-hybridized carbons (Fsp3) is 0.270. The maximum atomic E-state index is 13.2. The molecule has 4 aromatic rings. The van der Waals surface area contributed by atoms with Gasteiger partial charge in [-0.1, -0.05) is 54.6 Å². The number of aliphatic hydroxyl groups excluding tert-OH is 3. The maximum Gasteiger partial charge on any atom is 0.411 e. The molecule has 0 spiro atoms. The summed E-state index contributed by atoms with van der Waals surface area (Å²) in [6.45, 7) is 1.01. The van der Waals surface area contributed by atoms with Crippen LogP contribution in [0.4, 0.5) is 16.2 Å². The molecule has 49 heavy (non-hydrogen) atoms. The van der Waals surface area contributed by atoms with Gasteiger partial charge in [-0.2, -0.15) is 0 Å². The van der Waals surface area contributed by atoms with Crippen LogP contribution in [0, 0.1) is 0 Å². The van der Waals surface area contributed by atoms with Gasteiger partial charge in [0.15, 0.2) is 5.79 Å². The number of amides is 3. The highest BCUT2D eigenvalue weighted by atomic mass is 16.7. The Morgan fingerprint density at radius 1 is 0.837 bits per heavy atom. The van der Waals surface area contributed by atoms with Crippen molar-refractivity contribution in [3.63, 3.8) is 0 Å². The predicted octanol–water partition coefficient (Wildman–Crippen LogP) is 3.83. The highest BCUT2D eigenvalue weighted by molar-refractivity contribution is 6.06. The van der Waals surface area contributed by atoms with E-state index in [-0.39, 0.29) is 17.7 Å². The molecule has 254 valence electrons. The average molecular weight is 668 g/mol. The molecule has 1 fully saturated rings. The van der Waals surface area contributed by atoms with Crippen LogP contribution in [-0.2, 0) is 27.2 Å². The Balaban J connectivity index is 1.06. The van der Waals surface area contributed by atoms with Gasteiger partial charge >= 0.3 is 6.09 Å². The summed E-state index contributed by atoms with van der Waals surface area (Å²) in [5, 5.41) is 38.6. The van der Waals surface area contributed by atoms with Crippen molar-refractivity contribution in [2.75, 3.05) is 24.4 Å². The van der Waals surface area contributed by atoms with Crippen molar-refractivity contribution in [3.05, 3.63) is 119 Å². The predicted molar refractivity (Wildman–Crippen MR) is 180 cm³/mol. The van der Waals surface area contributed by atoms with E-state index in [1.54, 1.807) is 30.3 Å². The lowest BCUT2D eigenvalue weighted by Crippen LogP contribution is -2.69. The number of fused-ring (bicyclic) bond motifs is 3. The number of methoxy groups -OCH3 is 1. The minimum atomic E-state index is -1.55. The second-order valence-electron chi connectivity index (χ2n) is 12.1. The van der Waals surface area contributed by atoms with Crippen molar-refractivity contribution >= 4 is 29.3 Å². The summed E-state index contributed by atoms with van der Waals surface area (Å²) >= 11 is 0. The van der Waals surface area contributed by atoms with E-state index in [0.717, 1.165) is 23.1 Å². The van der Waals surface area contributed by atoms with Crippen LogP contribution in [0.15, 0.2) is 91.0 Å². The Labute approximate surface area is 282 Å². The molecular weight excluding hydrogens is 630 g/mol. The maximum absolute atomic E-state index is 13.2. The monoisotopic (exact) mass is 667 g/mol. The van der Waals surface area contributed by atoms with Gasteiger partial charge in [-0.05, 0) is 77.6 Å². The molecule has 0 saturated carbocycles. The molecule has 12 heteroatoms. The number of benzene rings is 4. The SMILES string of the molecule is CO[C@@]1(C)O[C@H](CO)[C@@H](O)[C@H](O)[C@H]1NC(=O)c1cccc(NC(=O)c2cccc(NC(=O)OCc3cccc4c3Cc3ccccc3-4)c2)c1. The minimum absolute atomic E-state index is 0.0916. The van der Waals surface area contributed by atoms with E-state index >= 15 is 0 Å². The molecule has 0 radical (unpaired) electrons. The van der Waals surface area contributed by atoms with Crippen LogP contribution in [0.5, 0.6) is 0 Å². The standard InChI is InChI=1S/C37H37N3O9/c1-37(47-2)33(32(43)31(42)30(19-41)49-37)40-35(45)23-10-5-12-25(16-23)38-34(44)22-9-6-13-26(17-22)39-36(46)48-20-24-11-7-15-28-27-14-4-3-8-21(27)18-29(24)28/h3-17,30-33,41-43H,18-20H2,1-2H3,(H,38,44)(H,39,46)(H,40,45)/t30-,31-,32+,33-,37+/m1/s1. The van der Waals surface area contributed by atoms with E-state index in [2.05, 4.69) is 34.1 Å². The number of nitrogens with one attached hydrogen (secondary N) is 3. The summed E-state index contributed by atoms with van der Waals surface area (Å²) in [5.41, 5.74) is 6.70. The van der Waals surface area contributed by atoms with Gasteiger partial charge < -0.3 is 40.2 Å². The normalized spacial score (nSPS) is 22.4. The molecule has 6 rings (SSSR count). The lowest BCUT2D eigenvalue weighted by atomic mass is 9.90. The Kier molecular flexibility index (Phi) is 9.77. The highest BCUT2D eigenvalue weighted by Gasteiger charge is 2.52. The number of hydrogen-bond acceptors (Lipinski definition) is 9. The molecular formula is C37H37N3O9. The van der Waals surface area contributed by atoms with Gasteiger partial charge in [0, 0.05) is 29.6 Å². The van der Waals surface area contributed by atoms with Crippen molar-refractivity contribution in [1.82, 2.24) is 5.32 Å². The summed E-state index contributed by atoms with van der Waals surface area (Å²) in [7, 11) is 1.32. The summed E-state index contributed by atoms with van der Waals surface area (Å²) in [5.74, 6) is -2.67. The van der Waals surface area contributed by atoms with Gasteiger partial charge in [0.05, 0.1) is 6.61 Å². The average Bonchev–Trinajstić information content (AvgIpc) is 3.50. The number of rotatable bonds is 9. The van der Waals surface area contributed by atoms with Gasteiger partial charge in [0.25, 0.3) is 11.8 Å². The molecule has 12 nitrogen and oxygen atoms in total. The lowest BCUT2D eigenvalue weighted by molar-refractivity contribution is -0.318. The molecule has 1 aliphatic carbocycles. The van der Waals surface area contributed by atoms with E-state index in [1.807, 2.05) is 24.3 Å². The number of anilines is 2. The van der Waals surface area contributed by atoms with Crippen LogP contribution in [0.3, 0.4) is 0 Å². The first-order valence-corrected chi connectivity index (χ1v) is 15.8. The molecule has 5 atom stereocenters. The lowest BCUT2D eigenvalue weighted by Gasteiger charge is -2.48. The van der Waals surface area contributed by atoms with E-state index < -0.39 is 54.7 Å². The molecule has 0 bridgehead atoms. The van der Waals surface area contributed by atoms with Gasteiger partial charge in [0.1, 0.15) is 31.0 Å². The van der Waals surface area contributed by atoms with E-state index in [4.69, 9.17) is 14.2 Å². The van der Waals surface area contributed by atoms with E-state index in [9.17, 15) is 29.7 Å². The molecule has 2 aliphatic rings. The second kappa shape index (κ2) is 14.2. The van der Waals surface area contributed by atoms with Crippen LogP contribution < -0.4 is 16.0 Å². The van der Waals surface area contributed by atoms with Crippen molar-refractivity contribution in [2.45, 2.75) is 50.1 Å². The first kappa shape index (κ1) is 33.8. The van der Waals surface area contributed by atoms with Crippen molar-refractivity contribution in [2.24, 2.45) is 0 Å². The van der Waals surface area contributed by atoms with Crippen LogP contribution in [-0.4, -0.2) is 77.1 Å². The highest BCUT2D eigenvalue weighted by Crippen LogP contribution is 2.38. The third-order valence-corrected chi connectivity index (χ3v) is 8.95. The quantitative estimate of drug-likeness (QED) is 0.136. The van der Waals surface area contributed by atoms with E-state index in [1.165, 1.54) is 43.4 Å². The molecule has 0 unspecified atom stereocenters. The van der Waals surface area contributed by atoms with Crippen LogP contribution >= 0.6 is 0 Å². The third kappa shape index (κ3) is 7.05. The summed E-state index contributed by atoms with van der Waals surface area (Å²) in [4.78, 5) is 39.1.